The Morgan fingerprint density at radius 3 is 2.80 bits per heavy atom. The lowest BCUT2D eigenvalue weighted by Crippen LogP contribution is -2.35. The molecule has 0 saturated carbocycles. The third kappa shape index (κ3) is 3.30. The molecule has 130 valence electrons. The molecule has 0 bridgehead atoms. The lowest BCUT2D eigenvalue weighted by atomic mass is 9.97. The number of fused-ring (bicyclic) bond motifs is 1. The van der Waals surface area contributed by atoms with Crippen molar-refractivity contribution in [2.24, 2.45) is 5.92 Å². The maximum Gasteiger partial charge on any atom is 0.233 e. The van der Waals surface area contributed by atoms with Gasteiger partial charge in [-0.15, -0.1) is 0 Å². The molecule has 2 N–H and O–H groups in total. The second-order valence-electron chi connectivity index (χ2n) is 6.52. The molecule has 0 amide bonds. The minimum atomic E-state index is 0.302. The maximum atomic E-state index is 9.33. The number of aliphatic hydroxyl groups excluding tert-OH is 1. The van der Waals surface area contributed by atoms with Crippen LogP contribution in [-0.4, -0.2) is 39.2 Å². The Morgan fingerprint density at radius 1 is 1.12 bits per heavy atom. The van der Waals surface area contributed by atoms with E-state index in [1.54, 1.807) is 6.20 Å². The van der Waals surface area contributed by atoms with E-state index in [0.29, 0.717) is 19.1 Å². The summed E-state index contributed by atoms with van der Waals surface area (Å²) in [6.45, 7) is 2.97. The number of hydrogen-bond acceptors (Lipinski definition) is 5. The minimum absolute atomic E-state index is 0.302. The van der Waals surface area contributed by atoms with Crippen molar-refractivity contribution in [1.82, 2.24) is 14.4 Å². The summed E-state index contributed by atoms with van der Waals surface area (Å²) in [7, 11) is 0. The molecule has 3 aromatic rings. The van der Waals surface area contributed by atoms with Crippen LogP contribution in [0.3, 0.4) is 0 Å². The van der Waals surface area contributed by atoms with E-state index in [1.165, 1.54) is 5.69 Å². The SMILES string of the molecule is OCC1CCN(c2ccccc2NCc2cnc3ncccn23)CC1. The fraction of sp³-hybridized carbons (Fsp3) is 0.368. The van der Waals surface area contributed by atoms with Crippen molar-refractivity contribution >= 4 is 17.2 Å². The van der Waals surface area contributed by atoms with Crippen LogP contribution in [0.1, 0.15) is 18.5 Å². The zero-order valence-electron chi connectivity index (χ0n) is 14.2. The van der Waals surface area contributed by atoms with E-state index in [9.17, 15) is 5.11 Å². The van der Waals surface area contributed by atoms with E-state index >= 15 is 0 Å². The summed E-state index contributed by atoms with van der Waals surface area (Å²) < 4.78 is 2.00. The van der Waals surface area contributed by atoms with Gasteiger partial charge >= 0.3 is 0 Å². The van der Waals surface area contributed by atoms with Gasteiger partial charge in [-0.1, -0.05) is 12.1 Å². The molecule has 4 rings (SSSR count). The van der Waals surface area contributed by atoms with Gasteiger partial charge in [0.1, 0.15) is 0 Å². The highest BCUT2D eigenvalue weighted by atomic mass is 16.3. The number of aliphatic hydroxyl groups is 1. The number of para-hydroxylation sites is 2. The number of piperidine rings is 1. The largest absolute Gasteiger partial charge is 0.396 e. The van der Waals surface area contributed by atoms with Crippen LogP contribution in [0.5, 0.6) is 0 Å². The van der Waals surface area contributed by atoms with Crippen molar-refractivity contribution in [2.75, 3.05) is 29.9 Å². The number of hydrogen-bond donors (Lipinski definition) is 2. The Hall–Kier alpha value is -2.60. The van der Waals surface area contributed by atoms with Crippen LogP contribution < -0.4 is 10.2 Å². The number of aromatic nitrogens is 3. The van der Waals surface area contributed by atoms with E-state index in [2.05, 4.69) is 44.5 Å². The van der Waals surface area contributed by atoms with Gasteiger partial charge in [-0.05, 0) is 37.0 Å². The monoisotopic (exact) mass is 337 g/mol. The van der Waals surface area contributed by atoms with Crippen molar-refractivity contribution in [2.45, 2.75) is 19.4 Å². The van der Waals surface area contributed by atoms with Gasteiger partial charge in [0.05, 0.1) is 29.8 Å². The molecule has 2 aromatic heterocycles. The molecule has 1 aliphatic heterocycles. The van der Waals surface area contributed by atoms with Gasteiger partial charge in [-0.3, -0.25) is 4.40 Å². The van der Waals surface area contributed by atoms with Gasteiger partial charge in [-0.25, -0.2) is 9.97 Å². The summed E-state index contributed by atoms with van der Waals surface area (Å²) in [4.78, 5) is 11.0. The van der Waals surface area contributed by atoms with Gasteiger partial charge in [-0.2, -0.15) is 0 Å². The molecule has 1 saturated heterocycles. The van der Waals surface area contributed by atoms with Gasteiger partial charge in [0, 0.05) is 32.1 Å². The number of benzene rings is 1. The number of rotatable bonds is 5. The quantitative estimate of drug-likeness (QED) is 0.749. The van der Waals surface area contributed by atoms with E-state index in [-0.39, 0.29) is 0 Å². The molecule has 6 nitrogen and oxygen atoms in total. The lowest BCUT2D eigenvalue weighted by Gasteiger charge is -2.34. The van der Waals surface area contributed by atoms with Crippen LogP contribution in [0.25, 0.3) is 5.78 Å². The summed E-state index contributed by atoms with van der Waals surface area (Å²) in [6, 6.07) is 10.3. The molecule has 1 aliphatic rings. The first-order chi connectivity index (χ1) is 12.3. The van der Waals surface area contributed by atoms with Crippen molar-refractivity contribution in [1.29, 1.82) is 0 Å². The maximum absolute atomic E-state index is 9.33. The summed E-state index contributed by atoms with van der Waals surface area (Å²) in [5.41, 5.74) is 3.44. The van der Waals surface area contributed by atoms with Crippen LogP contribution in [0.15, 0.2) is 48.9 Å². The minimum Gasteiger partial charge on any atom is -0.396 e. The summed E-state index contributed by atoms with van der Waals surface area (Å²) >= 11 is 0. The Kier molecular flexibility index (Phi) is 4.52. The normalized spacial score (nSPS) is 15.6. The molecule has 0 aliphatic carbocycles. The van der Waals surface area contributed by atoms with E-state index in [0.717, 1.165) is 43.1 Å². The molecular formula is C19H23N5O. The Balaban J connectivity index is 1.50. The summed E-state index contributed by atoms with van der Waals surface area (Å²) in [6.07, 6.45) is 7.70. The van der Waals surface area contributed by atoms with Gasteiger partial charge in [0.2, 0.25) is 5.78 Å². The van der Waals surface area contributed by atoms with Crippen LogP contribution in [0.2, 0.25) is 0 Å². The molecule has 3 heterocycles. The zero-order valence-corrected chi connectivity index (χ0v) is 14.2. The third-order valence-electron chi connectivity index (χ3n) is 4.94. The van der Waals surface area contributed by atoms with Crippen molar-refractivity contribution in [3.05, 3.63) is 54.6 Å². The fourth-order valence-corrected chi connectivity index (χ4v) is 3.45. The molecule has 1 aromatic carbocycles. The third-order valence-corrected chi connectivity index (χ3v) is 4.94. The van der Waals surface area contributed by atoms with Crippen molar-refractivity contribution < 1.29 is 5.11 Å². The highest BCUT2D eigenvalue weighted by Gasteiger charge is 2.20. The highest BCUT2D eigenvalue weighted by Crippen LogP contribution is 2.30. The van der Waals surface area contributed by atoms with Crippen LogP contribution in [-0.2, 0) is 6.54 Å². The van der Waals surface area contributed by atoms with Crippen molar-refractivity contribution in [3.8, 4) is 0 Å². The van der Waals surface area contributed by atoms with E-state index < -0.39 is 0 Å². The van der Waals surface area contributed by atoms with Gasteiger partial charge in [0.25, 0.3) is 0 Å². The highest BCUT2D eigenvalue weighted by molar-refractivity contribution is 5.70. The molecule has 0 unspecified atom stereocenters. The number of nitrogens with one attached hydrogen (secondary N) is 1. The second kappa shape index (κ2) is 7.11. The number of nitrogens with zero attached hydrogens (tertiary/aromatic N) is 4. The first-order valence-corrected chi connectivity index (χ1v) is 8.81. The summed E-state index contributed by atoms with van der Waals surface area (Å²) in [5, 5.41) is 12.9. The average Bonchev–Trinajstić information content (AvgIpc) is 3.10. The predicted molar refractivity (Wildman–Crippen MR) is 98.8 cm³/mol. The standard InChI is InChI=1S/C19H23N5O/c25-14-15-6-10-23(11-7-15)18-5-2-1-4-17(18)21-12-16-13-22-19-20-8-3-9-24(16)19/h1-5,8-9,13,15,21,25H,6-7,10-12,14H2. The Labute approximate surface area is 147 Å². The molecule has 25 heavy (non-hydrogen) atoms. The first-order valence-electron chi connectivity index (χ1n) is 8.81. The molecule has 1 fully saturated rings. The average molecular weight is 337 g/mol. The lowest BCUT2D eigenvalue weighted by molar-refractivity contribution is 0.203. The first kappa shape index (κ1) is 15.9. The van der Waals surface area contributed by atoms with Crippen LogP contribution >= 0.6 is 0 Å². The van der Waals surface area contributed by atoms with E-state index in [1.807, 2.05) is 22.9 Å². The number of imidazole rings is 1. The molecule has 0 spiro atoms. The molecule has 0 atom stereocenters. The number of anilines is 2. The fourth-order valence-electron chi connectivity index (χ4n) is 3.45. The Bertz CT molecular complexity index is 838. The van der Waals surface area contributed by atoms with Crippen molar-refractivity contribution in [3.63, 3.8) is 0 Å². The zero-order chi connectivity index (χ0) is 17.1. The van der Waals surface area contributed by atoms with E-state index in [4.69, 9.17) is 0 Å². The Morgan fingerprint density at radius 2 is 1.96 bits per heavy atom. The smallest absolute Gasteiger partial charge is 0.233 e. The van der Waals surface area contributed by atoms with Crippen LogP contribution in [0.4, 0.5) is 11.4 Å². The topological polar surface area (TPSA) is 65.7 Å². The van der Waals surface area contributed by atoms with Gasteiger partial charge < -0.3 is 15.3 Å². The molecular weight excluding hydrogens is 314 g/mol. The molecule has 0 radical (unpaired) electrons. The summed E-state index contributed by atoms with van der Waals surface area (Å²) in [5.74, 6) is 1.17. The van der Waals surface area contributed by atoms with Crippen LogP contribution in [0, 0.1) is 5.92 Å². The second-order valence-corrected chi connectivity index (χ2v) is 6.52. The predicted octanol–water partition coefficient (Wildman–Crippen LogP) is 2.55. The van der Waals surface area contributed by atoms with Gasteiger partial charge in [0.15, 0.2) is 0 Å². The molecule has 6 heteroatoms.